The summed E-state index contributed by atoms with van der Waals surface area (Å²) in [6.07, 6.45) is 3.85. The second kappa shape index (κ2) is 7.99. The van der Waals surface area contributed by atoms with Crippen LogP contribution in [0.5, 0.6) is 0 Å². The zero-order valence-corrected chi connectivity index (χ0v) is 14.7. The Kier molecular flexibility index (Phi) is 5.51. The van der Waals surface area contributed by atoms with Gasteiger partial charge in [-0.3, -0.25) is 9.78 Å². The maximum atomic E-state index is 12.0. The Morgan fingerprint density at radius 2 is 2.24 bits per heavy atom. The quantitative estimate of drug-likeness (QED) is 0.618. The Bertz CT molecular complexity index is 829. The van der Waals surface area contributed by atoms with E-state index in [4.69, 9.17) is 0 Å². The number of nitrogens with one attached hydrogen (secondary N) is 1. The van der Waals surface area contributed by atoms with Crippen molar-refractivity contribution < 1.29 is 14.7 Å². The highest BCUT2D eigenvalue weighted by molar-refractivity contribution is 7.11. The molecule has 1 atom stereocenters. The van der Waals surface area contributed by atoms with Gasteiger partial charge in [0.05, 0.1) is 23.9 Å². The summed E-state index contributed by atoms with van der Waals surface area (Å²) in [5.41, 5.74) is 2.21. The van der Waals surface area contributed by atoms with Gasteiger partial charge in [0.2, 0.25) is 0 Å². The highest BCUT2D eigenvalue weighted by atomic mass is 32.1. The van der Waals surface area contributed by atoms with Crippen LogP contribution in [0.3, 0.4) is 0 Å². The second-order valence-corrected chi connectivity index (χ2v) is 7.17. The molecule has 0 saturated heterocycles. The molecule has 0 fully saturated rings. The van der Waals surface area contributed by atoms with Crippen molar-refractivity contribution in [1.82, 2.24) is 25.3 Å². The highest BCUT2D eigenvalue weighted by Gasteiger charge is 2.21. The van der Waals surface area contributed by atoms with Crippen LogP contribution in [-0.2, 0) is 17.8 Å². The molecule has 3 aromatic heterocycles. The van der Waals surface area contributed by atoms with E-state index < -0.39 is 17.9 Å². The lowest BCUT2D eigenvalue weighted by Crippen LogP contribution is -2.40. The zero-order valence-electron chi connectivity index (χ0n) is 13.0. The lowest BCUT2D eigenvalue weighted by Gasteiger charge is -2.12. The van der Waals surface area contributed by atoms with E-state index in [1.807, 2.05) is 17.5 Å². The van der Waals surface area contributed by atoms with Gasteiger partial charge in [-0.25, -0.2) is 9.48 Å². The SMILES string of the molecule is O=C(N[C@@H](CCc1cn(Cc2cccs2)nn1)C(=O)O)c1cncs1. The van der Waals surface area contributed by atoms with Gasteiger partial charge in [0.15, 0.2) is 0 Å². The van der Waals surface area contributed by atoms with E-state index in [2.05, 4.69) is 20.6 Å². The molecule has 10 heteroatoms. The third-order valence-corrected chi connectivity index (χ3v) is 5.07. The summed E-state index contributed by atoms with van der Waals surface area (Å²) in [5.74, 6) is -1.51. The van der Waals surface area contributed by atoms with Gasteiger partial charge in [-0.05, 0) is 24.3 Å². The molecule has 3 heterocycles. The number of rotatable bonds is 8. The first-order valence-electron chi connectivity index (χ1n) is 7.45. The zero-order chi connectivity index (χ0) is 17.6. The van der Waals surface area contributed by atoms with Crippen molar-refractivity contribution in [2.24, 2.45) is 0 Å². The van der Waals surface area contributed by atoms with Gasteiger partial charge in [-0.15, -0.1) is 27.8 Å². The number of thiazole rings is 1. The first-order valence-corrected chi connectivity index (χ1v) is 9.21. The molecule has 0 aliphatic carbocycles. The minimum atomic E-state index is -1.08. The standard InChI is InChI=1S/C15H15N5O3S2/c21-14(13-6-16-9-25-13)17-12(15(22)23)4-3-10-7-20(19-18-10)8-11-2-1-5-24-11/h1-2,5-7,9,12H,3-4,8H2,(H,17,21)(H,22,23)/t12-/m0/s1. The van der Waals surface area contributed by atoms with E-state index in [1.165, 1.54) is 11.7 Å². The summed E-state index contributed by atoms with van der Waals surface area (Å²) < 4.78 is 1.72. The summed E-state index contributed by atoms with van der Waals surface area (Å²) in [6, 6.07) is 3.00. The first kappa shape index (κ1) is 17.2. The van der Waals surface area contributed by atoms with Gasteiger partial charge in [0.1, 0.15) is 10.9 Å². The normalized spacial score (nSPS) is 12.0. The minimum Gasteiger partial charge on any atom is -0.480 e. The van der Waals surface area contributed by atoms with E-state index in [9.17, 15) is 14.7 Å². The Labute approximate surface area is 151 Å². The molecule has 130 valence electrons. The summed E-state index contributed by atoms with van der Waals surface area (Å²) >= 11 is 2.80. The maximum absolute atomic E-state index is 12.0. The molecule has 0 aliphatic rings. The predicted octanol–water partition coefficient (Wildman–Crippen LogP) is 1.66. The van der Waals surface area contributed by atoms with Crippen LogP contribution in [0.2, 0.25) is 0 Å². The van der Waals surface area contributed by atoms with Crippen LogP contribution < -0.4 is 5.32 Å². The molecule has 0 aromatic carbocycles. The van der Waals surface area contributed by atoms with Crippen LogP contribution in [0.1, 0.15) is 26.7 Å². The van der Waals surface area contributed by atoms with Gasteiger partial charge < -0.3 is 10.4 Å². The van der Waals surface area contributed by atoms with Crippen molar-refractivity contribution in [2.45, 2.75) is 25.4 Å². The highest BCUT2D eigenvalue weighted by Crippen LogP contribution is 2.11. The number of carboxylic acids is 1. The topological polar surface area (TPSA) is 110 Å². The largest absolute Gasteiger partial charge is 0.480 e. The summed E-state index contributed by atoms with van der Waals surface area (Å²) in [6.45, 7) is 0.634. The smallest absolute Gasteiger partial charge is 0.326 e. The van der Waals surface area contributed by atoms with Crippen LogP contribution in [0.4, 0.5) is 0 Å². The number of hydrogen-bond donors (Lipinski definition) is 2. The lowest BCUT2D eigenvalue weighted by atomic mass is 10.1. The van der Waals surface area contributed by atoms with Gasteiger partial charge in [-0.2, -0.15) is 0 Å². The van der Waals surface area contributed by atoms with Crippen LogP contribution in [-0.4, -0.2) is 43.0 Å². The molecule has 2 N–H and O–H groups in total. The number of aryl methyl sites for hydroxylation is 1. The number of carbonyl (C=O) groups excluding carboxylic acids is 1. The van der Waals surface area contributed by atoms with Crippen molar-refractivity contribution in [3.63, 3.8) is 0 Å². The molecule has 0 aliphatic heterocycles. The molecular formula is C15H15N5O3S2. The van der Waals surface area contributed by atoms with Gasteiger partial charge in [-0.1, -0.05) is 11.3 Å². The van der Waals surface area contributed by atoms with E-state index in [0.717, 1.165) is 16.2 Å². The Balaban J connectivity index is 1.55. The molecule has 1 amide bonds. The van der Waals surface area contributed by atoms with Crippen molar-refractivity contribution >= 4 is 34.6 Å². The molecule has 3 rings (SSSR count). The Morgan fingerprint density at radius 1 is 1.36 bits per heavy atom. The number of hydrogen-bond acceptors (Lipinski definition) is 7. The average molecular weight is 377 g/mol. The number of thiophene rings is 1. The van der Waals surface area contributed by atoms with Crippen molar-refractivity contribution in [3.05, 3.63) is 50.9 Å². The number of aliphatic carboxylic acids is 1. The lowest BCUT2D eigenvalue weighted by molar-refractivity contribution is -0.139. The Hall–Kier alpha value is -2.59. The van der Waals surface area contributed by atoms with Gasteiger partial charge in [0, 0.05) is 11.1 Å². The second-order valence-electron chi connectivity index (χ2n) is 5.26. The Morgan fingerprint density at radius 3 is 2.92 bits per heavy atom. The van der Waals surface area contributed by atoms with Crippen molar-refractivity contribution in [2.75, 3.05) is 0 Å². The van der Waals surface area contributed by atoms with Gasteiger partial charge >= 0.3 is 5.97 Å². The van der Waals surface area contributed by atoms with Crippen molar-refractivity contribution in [1.29, 1.82) is 0 Å². The van der Waals surface area contributed by atoms with E-state index in [1.54, 1.807) is 22.2 Å². The molecular weight excluding hydrogens is 362 g/mol. The van der Waals surface area contributed by atoms with Crippen molar-refractivity contribution in [3.8, 4) is 0 Å². The predicted molar refractivity (Wildman–Crippen MR) is 92.8 cm³/mol. The molecule has 0 radical (unpaired) electrons. The monoisotopic (exact) mass is 377 g/mol. The summed E-state index contributed by atoms with van der Waals surface area (Å²) in [5, 5.41) is 21.9. The van der Waals surface area contributed by atoms with E-state index in [-0.39, 0.29) is 6.42 Å². The average Bonchev–Trinajstić information content (AvgIpc) is 3.33. The van der Waals surface area contributed by atoms with Crippen LogP contribution >= 0.6 is 22.7 Å². The van der Waals surface area contributed by atoms with E-state index >= 15 is 0 Å². The number of carbonyl (C=O) groups is 2. The fourth-order valence-corrected chi connectivity index (χ4v) is 3.42. The maximum Gasteiger partial charge on any atom is 0.326 e. The number of carboxylic acid groups (broad SMARTS) is 1. The fourth-order valence-electron chi connectivity index (χ4n) is 2.20. The van der Waals surface area contributed by atoms with E-state index in [0.29, 0.717) is 23.5 Å². The molecule has 3 aromatic rings. The molecule has 0 unspecified atom stereocenters. The molecule has 25 heavy (non-hydrogen) atoms. The summed E-state index contributed by atoms with van der Waals surface area (Å²) in [7, 11) is 0. The molecule has 0 bridgehead atoms. The number of amides is 1. The fraction of sp³-hybridized carbons (Fsp3) is 0.267. The summed E-state index contributed by atoms with van der Waals surface area (Å²) in [4.78, 5) is 28.7. The van der Waals surface area contributed by atoms with Gasteiger partial charge in [0.25, 0.3) is 5.91 Å². The minimum absolute atomic E-state index is 0.234. The van der Waals surface area contributed by atoms with Crippen LogP contribution in [0, 0.1) is 0 Å². The molecule has 0 spiro atoms. The van der Waals surface area contributed by atoms with Crippen LogP contribution in [0.15, 0.2) is 35.4 Å². The first-order chi connectivity index (χ1) is 12.1. The molecule has 8 nitrogen and oxygen atoms in total. The third-order valence-electron chi connectivity index (χ3n) is 3.43. The third kappa shape index (κ3) is 4.70. The molecule has 0 saturated carbocycles. The van der Waals surface area contributed by atoms with Crippen LogP contribution in [0.25, 0.3) is 0 Å². The number of aromatic nitrogens is 4. The number of nitrogens with zero attached hydrogens (tertiary/aromatic N) is 4.